The van der Waals surface area contributed by atoms with Crippen molar-refractivity contribution in [1.82, 2.24) is 5.32 Å². The van der Waals surface area contributed by atoms with Crippen molar-refractivity contribution in [3.8, 4) is 0 Å². The summed E-state index contributed by atoms with van der Waals surface area (Å²) in [5.41, 5.74) is 6.54. The monoisotopic (exact) mass is 196 g/mol. The van der Waals surface area contributed by atoms with Crippen LogP contribution in [-0.4, -0.2) is 18.1 Å². The lowest BCUT2D eigenvalue weighted by Gasteiger charge is -2.35. The predicted octanol–water partition coefficient (Wildman–Crippen LogP) is 2.18. The molecular weight excluding hydrogens is 172 g/mol. The Balaban J connectivity index is 1.62. The molecule has 2 aliphatic rings. The van der Waals surface area contributed by atoms with Crippen LogP contribution < -0.4 is 11.1 Å². The standard InChI is InChI=1S/C12H24N2/c13-12(7-2-1-3-8-12)9-10-14-11-5-4-6-11/h11,14H,1-10,13H2. The van der Waals surface area contributed by atoms with Crippen LogP contribution in [0.1, 0.15) is 57.8 Å². The lowest BCUT2D eigenvalue weighted by atomic mass is 9.80. The molecule has 0 aromatic rings. The first-order valence-corrected chi connectivity index (χ1v) is 6.31. The zero-order chi connectivity index (χ0) is 9.86. The number of hydrogen-bond acceptors (Lipinski definition) is 2. The first-order valence-electron chi connectivity index (χ1n) is 6.31. The van der Waals surface area contributed by atoms with Gasteiger partial charge in [0.2, 0.25) is 0 Å². The van der Waals surface area contributed by atoms with Crippen LogP contribution in [0, 0.1) is 0 Å². The minimum atomic E-state index is 0.176. The van der Waals surface area contributed by atoms with Gasteiger partial charge in [-0.3, -0.25) is 0 Å². The van der Waals surface area contributed by atoms with Crippen LogP contribution in [-0.2, 0) is 0 Å². The fraction of sp³-hybridized carbons (Fsp3) is 1.00. The van der Waals surface area contributed by atoms with E-state index in [9.17, 15) is 0 Å². The number of nitrogens with one attached hydrogen (secondary N) is 1. The van der Waals surface area contributed by atoms with E-state index in [-0.39, 0.29) is 5.54 Å². The van der Waals surface area contributed by atoms with Gasteiger partial charge >= 0.3 is 0 Å². The molecule has 3 N–H and O–H groups in total. The maximum atomic E-state index is 6.36. The Hall–Kier alpha value is -0.0800. The SMILES string of the molecule is NC1(CCNC2CCC2)CCCCC1. The van der Waals surface area contributed by atoms with E-state index in [1.165, 1.54) is 57.8 Å². The van der Waals surface area contributed by atoms with Crippen molar-refractivity contribution in [3.05, 3.63) is 0 Å². The minimum Gasteiger partial charge on any atom is -0.325 e. The quantitative estimate of drug-likeness (QED) is 0.723. The molecule has 0 heterocycles. The topological polar surface area (TPSA) is 38.0 Å². The lowest BCUT2D eigenvalue weighted by molar-refractivity contribution is 0.258. The smallest absolute Gasteiger partial charge is 0.0166 e. The summed E-state index contributed by atoms with van der Waals surface area (Å²) in [6.45, 7) is 1.14. The fourth-order valence-electron chi connectivity index (χ4n) is 2.64. The molecule has 0 aliphatic heterocycles. The summed E-state index contributed by atoms with van der Waals surface area (Å²) in [4.78, 5) is 0. The van der Waals surface area contributed by atoms with Crippen molar-refractivity contribution in [2.45, 2.75) is 69.4 Å². The Kier molecular flexibility index (Phi) is 3.45. The molecule has 0 aromatic heterocycles. The van der Waals surface area contributed by atoms with E-state index >= 15 is 0 Å². The average Bonchev–Trinajstić information content (AvgIpc) is 2.11. The lowest BCUT2D eigenvalue weighted by Crippen LogP contribution is -2.46. The van der Waals surface area contributed by atoms with Crippen molar-refractivity contribution in [2.24, 2.45) is 5.73 Å². The maximum absolute atomic E-state index is 6.36. The zero-order valence-electron chi connectivity index (χ0n) is 9.23. The van der Waals surface area contributed by atoms with Crippen LogP contribution in [0.15, 0.2) is 0 Å². The van der Waals surface area contributed by atoms with Gasteiger partial charge in [0.05, 0.1) is 0 Å². The summed E-state index contributed by atoms with van der Waals surface area (Å²) in [6.07, 6.45) is 12.0. The largest absolute Gasteiger partial charge is 0.325 e. The Bertz CT molecular complexity index is 169. The highest BCUT2D eigenvalue weighted by molar-refractivity contribution is 4.88. The summed E-state index contributed by atoms with van der Waals surface area (Å²) >= 11 is 0. The van der Waals surface area contributed by atoms with Gasteiger partial charge < -0.3 is 11.1 Å². The van der Waals surface area contributed by atoms with E-state index in [1.807, 2.05) is 0 Å². The van der Waals surface area contributed by atoms with Crippen molar-refractivity contribution >= 4 is 0 Å². The third-order valence-corrected chi connectivity index (χ3v) is 4.01. The van der Waals surface area contributed by atoms with E-state index in [0.29, 0.717) is 0 Å². The molecule has 2 rings (SSSR count). The van der Waals surface area contributed by atoms with Crippen LogP contribution in [0.4, 0.5) is 0 Å². The van der Waals surface area contributed by atoms with E-state index in [1.54, 1.807) is 0 Å². The second-order valence-corrected chi connectivity index (χ2v) is 5.25. The molecule has 0 unspecified atom stereocenters. The fourth-order valence-corrected chi connectivity index (χ4v) is 2.64. The summed E-state index contributed by atoms with van der Waals surface area (Å²) in [5.74, 6) is 0. The second kappa shape index (κ2) is 4.63. The number of rotatable bonds is 4. The van der Waals surface area contributed by atoms with Gasteiger partial charge in [-0.25, -0.2) is 0 Å². The molecule has 0 radical (unpaired) electrons. The Morgan fingerprint density at radius 1 is 1.07 bits per heavy atom. The van der Waals surface area contributed by atoms with Gasteiger partial charge in [0, 0.05) is 11.6 Å². The third-order valence-electron chi connectivity index (χ3n) is 4.01. The minimum absolute atomic E-state index is 0.176. The third kappa shape index (κ3) is 2.71. The van der Waals surface area contributed by atoms with Gasteiger partial charge in [-0.05, 0) is 38.6 Å². The molecule has 2 heteroatoms. The van der Waals surface area contributed by atoms with Gasteiger partial charge in [0.1, 0.15) is 0 Å². The number of hydrogen-bond donors (Lipinski definition) is 2. The molecule has 2 saturated carbocycles. The van der Waals surface area contributed by atoms with Crippen LogP contribution in [0.5, 0.6) is 0 Å². The Morgan fingerprint density at radius 2 is 1.79 bits per heavy atom. The zero-order valence-corrected chi connectivity index (χ0v) is 9.23. The second-order valence-electron chi connectivity index (χ2n) is 5.25. The Morgan fingerprint density at radius 3 is 2.36 bits per heavy atom. The highest BCUT2D eigenvalue weighted by atomic mass is 14.9. The molecule has 0 spiro atoms. The van der Waals surface area contributed by atoms with Crippen molar-refractivity contribution < 1.29 is 0 Å². The molecule has 2 nitrogen and oxygen atoms in total. The Labute approximate surface area is 87.6 Å². The molecule has 2 fully saturated rings. The molecule has 0 saturated heterocycles. The summed E-state index contributed by atoms with van der Waals surface area (Å²) in [6, 6.07) is 0.821. The highest BCUT2D eigenvalue weighted by Gasteiger charge is 2.27. The van der Waals surface area contributed by atoms with Crippen LogP contribution in [0.25, 0.3) is 0 Å². The molecule has 14 heavy (non-hydrogen) atoms. The van der Waals surface area contributed by atoms with Gasteiger partial charge in [-0.2, -0.15) is 0 Å². The van der Waals surface area contributed by atoms with Crippen LogP contribution in [0.3, 0.4) is 0 Å². The molecule has 0 aromatic carbocycles. The van der Waals surface area contributed by atoms with Crippen LogP contribution >= 0.6 is 0 Å². The van der Waals surface area contributed by atoms with Crippen molar-refractivity contribution in [1.29, 1.82) is 0 Å². The van der Waals surface area contributed by atoms with Gasteiger partial charge in [0.15, 0.2) is 0 Å². The van der Waals surface area contributed by atoms with Crippen LogP contribution in [0.2, 0.25) is 0 Å². The van der Waals surface area contributed by atoms with E-state index in [4.69, 9.17) is 5.73 Å². The van der Waals surface area contributed by atoms with Gasteiger partial charge in [-0.15, -0.1) is 0 Å². The highest BCUT2D eigenvalue weighted by Crippen LogP contribution is 2.28. The van der Waals surface area contributed by atoms with E-state index < -0.39 is 0 Å². The van der Waals surface area contributed by atoms with Gasteiger partial charge in [0.25, 0.3) is 0 Å². The van der Waals surface area contributed by atoms with E-state index in [0.717, 1.165) is 12.6 Å². The summed E-state index contributed by atoms with van der Waals surface area (Å²) in [7, 11) is 0. The molecule has 0 amide bonds. The molecule has 0 atom stereocenters. The molecular formula is C12H24N2. The molecule has 0 bridgehead atoms. The van der Waals surface area contributed by atoms with Gasteiger partial charge in [-0.1, -0.05) is 25.7 Å². The molecule has 82 valence electrons. The van der Waals surface area contributed by atoms with E-state index in [2.05, 4.69) is 5.32 Å². The normalized spacial score (nSPS) is 27.2. The summed E-state index contributed by atoms with van der Waals surface area (Å²) in [5, 5.41) is 3.61. The maximum Gasteiger partial charge on any atom is 0.0166 e. The molecule has 2 aliphatic carbocycles. The average molecular weight is 196 g/mol. The first-order chi connectivity index (χ1) is 6.79. The first kappa shape index (κ1) is 10.4. The predicted molar refractivity (Wildman–Crippen MR) is 60.3 cm³/mol. The van der Waals surface area contributed by atoms with Crippen molar-refractivity contribution in [3.63, 3.8) is 0 Å². The number of nitrogens with two attached hydrogens (primary N) is 1. The summed E-state index contributed by atoms with van der Waals surface area (Å²) < 4.78 is 0. The van der Waals surface area contributed by atoms with Crippen molar-refractivity contribution in [2.75, 3.05) is 6.54 Å².